The molecule has 0 spiro atoms. The van der Waals surface area contributed by atoms with Crippen LogP contribution in [0.4, 0.5) is 0 Å². The van der Waals surface area contributed by atoms with Gasteiger partial charge in [0.05, 0.1) is 5.71 Å². The molecule has 1 N–H and O–H groups in total. The van der Waals surface area contributed by atoms with E-state index in [2.05, 4.69) is 34.3 Å². The molecule has 80 valence electrons. The molecule has 3 nitrogen and oxygen atoms in total. The molecular formula is C12H16N2O. The summed E-state index contributed by atoms with van der Waals surface area (Å²) in [6.07, 6.45) is 2.02. The number of hydrogen-bond donors (Lipinski definition) is 1. The van der Waals surface area contributed by atoms with Gasteiger partial charge in [0.25, 0.3) is 0 Å². The average molecular weight is 204 g/mol. The molecule has 1 aromatic carbocycles. The third-order valence-corrected chi connectivity index (χ3v) is 2.74. The highest BCUT2D eigenvalue weighted by Gasteiger charge is 2.15. The Morgan fingerprint density at radius 3 is 2.80 bits per heavy atom. The molecule has 0 unspecified atom stereocenters. The van der Waals surface area contributed by atoms with Crippen molar-refractivity contribution in [3.8, 4) is 0 Å². The van der Waals surface area contributed by atoms with E-state index in [1.165, 1.54) is 5.56 Å². The summed E-state index contributed by atoms with van der Waals surface area (Å²) in [6, 6.07) is 10.4. The van der Waals surface area contributed by atoms with E-state index in [1.807, 2.05) is 6.07 Å². The Bertz CT molecular complexity index is 335. The SMILES string of the molecule is ON=C1CCCN(Cc2ccccc2)C1. The molecule has 0 amide bonds. The molecule has 1 fully saturated rings. The molecule has 1 heterocycles. The standard InChI is InChI=1S/C12H16N2O/c15-13-12-7-4-8-14(10-12)9-11-5-2-1-3-6-11/h1-3,5-6,15H,4,7-10H2. The van der Waals surface area contributed by atoms with E-state index >= 15 is 0 Å². The molecule has 0 aromatic heterocycles. The molecular weight excluding hydrogens is 188 g/mol. The second kappa shape index (κ2) is 4.94. The van der Waals surface area contributed by atoms with Crippen molar-refractivity contribution in [3.05, 3.63) is 35.9 Å². The second-order valence-electron chi connectivity index (χ2n) is 3.97. The van der Waals surface area contributed by atoms with Gasteiger partial charge in [0, 0.05) is 13.1 Å². The molecule has 1 aromatic rings. The van der Waals surface area contributed by atoms with Crippen molar-refractivity contribution in [2.75, 3.05) is 13.1 Å². The summed E-state index contributed by atoms with van der Waals surface area (Å²) < 4.78 is 0. The Morgan fingerprint density at radius 2 is 2.07 bits per heavy atom. The van der Waals surface area contributed by atoms with Crippen LogP contribution in [-0.2, 0) is 6.54 Å². The highest BCUT2D eigenvalue weighted by Crippen LogP contribution is 2.11. The van der Waals surface area contributed by atoms with Gasteiger partial charge in [0.15, 0.2) is 0 Å². The minimum atomic E-state index is 0.797. The molecule has 0 radical (unpaired) electrons. The Balaban J connectivity index is 1.95. The third-order valence-electron chi connectivity index (χ3n) is 2.74. The van der Waals surface area contributed by atoms with Crippen LogP contribution in [0.25, 0.3) is 0 Å². The van der Waals surface area contributed by atoms with E-state index in [4.69, 9.17) is 5.21 Å². The third kappa shape index (κ3) is 2.80. The lowest BCUT2D eigenvalue weighted by atomic mass is 10.1. The van der Waals surface area contributed by atoms with Crippen molar-refractivity contribution in [1.82, 2.24) is 4.90 Å². The maximum absolute atomic E-state index is 8.74. The molecule has 1 aliphatic rings. The first-order valence-corrected chi connectivity index (χ1v) is 5.34. The molecule has 0 saturated carbocycles. The number of rotatable bonds is 2. The van der Waals surface area contributed by atoms with Gasteiger partial charge in [0.1, 0.15) is 0 Å². The summed E-state index contributed by atoms with van der Waals surface area (Å²) >= 11 is 0. The first kappa shape index (κ1) is 10.2. The number of nitrogens with zero attached hydrogens (tertiary/aromatic N) is 2. The number of piperidine rings is 1. The Hall–Kier alpha value is -1.35. The largest absolute Gasteiger partial charge is 0.411 e. The predicted octanol–water partition coefficient (Wildman–Crippen LogP) is 2.11. The zero-order valence-corrected chi connectivity index (χ0v) is 8.76. The van der Waals surface area contributed by atoms with Crippen molar-refractivity contribution in [2.45, 2.75) is 19.4 Å². The second-order valence-corrected chi connectivity index (χ2v) is 3.97. The van der Waals surface area contributed by atoms with Crippen molar-refractivity contribution in [3.63, 3.8) is 0 Å². The lowest BCUT2D eigenvalue weighted by Crippen LogP contribution is -2.35. The van der Waals surface area contributed by atoms with Crippen LogP contribution in [-0.4, -0.2) is 28.9 Å². The van der Waals surface area contributed by atoms with E-state index in [0.29, 0.717) is 0 Å². The number of oxime groups is 1. The summed E-state index contributed by atoms with van der Waals surface area (Å²) in [5, 5.41) is 12.1. The van der Waals surface area contributed by atoms with Crippen molar-refractivity contribution in [1.29, 1.82) is 0 Å². The minimum absolute atomic E-state index is 0.797. The Morgan fingerprint density at radius 1 is 1.27 bits per heavy atom. The van der Waals surface area contributed by atoms with Gasteiger partial charge in [-0.2, -0.15) is 0 Å². The van der Waals surface area contributed by atoms with E-state index in [9.17, 15) is 0 Å². The summed E-state index contributed by atoms with van der Waals surface area (Å²) in [6.45, 7) is 2.83. The van der Waals surface area contributed by atoms with Crippen LogP contribution in [0.5, 0.6) is 0 Å². The van der Waals surface area contributed by atoms with Gasteiger partial charge in [-0.05, 0) is 24.9 Å². The lowest BCUT2D eigenvalue weighted by Gasteiger charge is -2.26. The van der Waals surface area contributed by atoms with Crippen molar-refractivity contribution < 1.29 is 5.21 Å². The first-order valence-electron chi connectivity index (χ1n) is 5.34. The van der Waals surface area contributed by atoms with Crippen LogP contribution >= 0.6 is 0 Å². The first-order chi connectivity index (χ1) is 7.38. The van der Waals surface area contributed by atoms with Gasteiger partial charge >= 0.3 is 0 Å². The molecule has 0 atom stereocenters. The van der Waals surface area contributed by atoms with Crippen molar-refractivity contribution in [2.24, 2.45) is 5.16 Å². The fourth-order valence-corrected chi connectivity index (χ4v) is 1.98. The predicted molar refractivity (Wildman–Crippen MR) is 60.2 cm³/mol. The molecule has 3 heteroatoms. The lowest BCUT2D eigenvalue weighted by molar-refractivity contribution is 0.266. The number of likely N-dealkylation sites (tertiary alicyclic amines) is 1. The fraction of sp³-hybridized carbons (Fsp3) is 0.417. The van der Waals surface area contributed by atoms with E-state index in [-0.39, 0.29) is 0 Å². The quantitative estimate of drug-likeness (QED) is 0.591. The number of benzene rings is 1. The smallest absolute Gasteiger partial charge is 0.0711 e. The van der Waals surface area contributed by atoms with Crippen LogP contribution in [0, 0.1) is 0 Å². The highest BCUT2D eigenvalue weighted by molar-refractivity contribution is 5.86. The summed E-state index contributed by atoms with van der Waals surface area (Å²) in [4.78, 5) is 2.31. The van der Waals surface area contributed by atoms with E-state index in [1.54, 1.807) is 0 Å². The van der Waals surface area contributed by atoms with Crippen LogP contribution in [0.1, 0.15) is 18.4 Å². The van der Waals surface area contributed by atoms with Crippen LogP contribution < -0.4 is 0 Å². The highest BCUT2D eigenvalue weighted by atomic mass is 16.4. The maximum Gasteiger partial charge on any atom is 0.0711 e. The van der Waals surface area contributed by atoms with E-state index in [0.717, 1.165) is 38.2 Å². The molecule has 2 rings (SSSR count). The maximum atomic E-state index is 8.74. The van der Waals surface area contributed by atoms with E-state index < -0.39 is 0 Å². The van der Waals surface area contributed by atoms with Crippen LogP contribution in [0.15, 0.2) is 35.5 Å². The molecule has 15 heavy (non-hydrogen) atoms. The van der Waals surface area contributed by atoms with Gasteiger partial charge in [-0.1, -0.05) is 35.5 Å². The average Bonchev–Trinajstić information content (AvgIpc) is 2.31. The Kier molecular flexibility index (Phi) is 3.35. The topological polar surface area (TPSA) is 35.8 Å². The number of hydrogen-bond acceptors (Lipinski definition) is 3. The van der Waals surface area contributed by atoms with Gasteiger partial charge in [0.2, 0.25) is 0 Å². The zero-order chi connectivity index (χ0) is 10.5. The van der Waals surface area contributed by atoms with Gasteiger partial charge in [-0.15, -0.1) is 0 Å². The van der Waals surface area contributed by atoms with Gasteiger partial charge < -0.3 is 5.21 Å². The Labute approximate surface area is 90.0 Å². The minimum Gasteiger partial charge on any atom is -0.411 e. The molecule has 0 bridgehead atoms. The zero-order valence-electron chi connectivity index (χ0n) is 8.76. The van der Waals surface area contributed by atoms with Gasteiger partial charge in [-0.3, -0.25) is 4.90 Å². The summed E-state index contributed by atoms with van der Waals surface area (Å²) in [5.74, 6) is 0. The molecule has 1 saturated heterocycles. The molecule has 0 aliphatic carbocycles. The fourth-order valence-electron chi connectivity index (χ4n) is 1.98. The monoisotopic (exact) mass is 204 g/mol. The normalized spacial score (nSPS) is 20.7. The van der Waals surface area contributed by atoms with Crippen LogP contribution in [0.2, 0.25) is 0 Å². The summed E-state index contributed by atoms with van der Waals surface area (Å²) in [7, 11) is 0. The summed E-state index contributed by atoms with van der Waals surface area (Å²) in [5.41, 5.74) is 2.22. The molecule has 1 aliphatic heterocycles. The van der Waals surface area contributed by atoms with Crippen molar-refractivity contribution >= 4 is 5.71 Å². The van der Waals surface area contributed by atoms with Gasteiger partial charge in [-0.25, -0.2) is 0 Å². The van der Waals surface area contributed by atoms with Crippen LogP contribution in [0.3, 0.4) is 0 Å².